The molecule has 2 nitrogen and oxygen atoms in total. The number of hydrogen-bond acceptors (Lipinski definition) is 3. The highest BCUT2D eigenvalue weighted by Crippen LogP contribution is 2.50. The topological polar surface area (TPSA) is 16.1 Å². The summed E-state index contributed by atoms with van der Waals surface area (Å²) in [5.74, 6) is 1.24. The first kappa shape index (κ1) is 26.1. The zero-order valence-electron chi connectivity index (χ0n) is 17.0. The number of nitrogens with zero attached hydrogens (tertiary/aromatic N) is 2. The molecule has 0 aromatic carbocycles. The Labute approximate surface area is 162 Å². The number of hydrogen-bond donors (Lipinski definition) is 0. The number of rotatable bonds is 5. The molecule has 140 valence electrons. The molecule has 1 atom stereocenters. The highest BCUT2D eigenvalue weighted by molar-refractivity contribution is 7.98. The predicted molar refractivity (Wildman–Crippen MR) is 121 cm³/mol. The van der Waals surface area contributed by atoms with E-state index in [0.29, 0.717) is 11.1 Å². The molecule has 1 rings (SSSR count). The van der Waals surface area contributed by atoms with Gasteiger partial charge in [0.05, 0.1) is 5.49 Å². The zero-order chi connectivity index (χ0) is 19.2. The fourth-order valence-electron chi connectivity index (χ4n) is 1.76. The molecule has 0 aliphatic heterocycles. The molecule has 0 radical (unpaired) electrons. The Morgan fingerprint density at radius 3 is 1.92 bits per heavy atom. The van der Waals surface area contributed by atoms with Gasteiger partial charge in [0.25, 0.3) is 0 Å². The molecule has 0 spiro atoms. The van der Waals surface area contributed by atoms with Gasteiger partial charge in [-0.1, -0.05) is 39.9 Å². The van der Waals surface area contributed by atoms with Gasteiger partial charge >= 0.3 is 0 Å². The van der Waals surface area contributed by atoms with E-state index in [4.69, 9.17) is 0 Å². The van der Waals surface area contributed by atoms with Gasteiger partial charge in [-0.2, -0.15) is 11.8 Å². The van der Waals surface area contributed by atoms with Crippen LogP contribution in [0.3, 0.4) is 0 Å². The molecule has 0 aliphatic carbocycles. The van der Waals surface area contributed by atoms with Crippen LogP contribution >= 0.6 is 31.9 Å². The third kappa shape index (κ3) is 16.7. The van der Waals surface area contributed by atoms with Crippen molar-refractivity contribution < 1.29 is 0 Å². The third-order valence-electron chi connectivity index (χ3n) is 3.02. The summed E-state index contributed by atoms with van der Waals surface area (Å²) in [6.07, 6.45) is 7.17. The summed E-state index contributed by atoms with van der Waals surface area (Å²) in [5.41, 5.74) is 4.15. The van der Waals surface area contributed by atoms with Crippen LogP contribution < -0.4 is 0 Å². The first-order chi connectivity index (χ1) is 11.1. The Hall–Kier alpha value is -0.180. The highest BCUT2D eigenvalue weighted by Gasteiger charge is 2.22. The molecule has 0 saturated heterocycles. The van der Waals surface area contributed by atoms with Crippen LogP contribution in [0.2, 0.25) is 0 Å². The molecule has 0 bridgehead atoms. The van der Waals surface area contributed by atoms with Gasteiger partial charge in [-0.05, 0) is 54.9 Å². The third-order valence-corrected chi connectivity index (χ3v) is 5.75. The van der Waals surface area contributed by atoms with E-state index >= 15 is 0 Å². The van der Waals surface area contributed by atoms with Crippen LogP contribution in [0.15, 0.2) is 24.5 Å². The SMILES string of the molecule is CCSC.CN(C)C=S.CP(C)C(CC(C)(C)C)c1ccncc1. The second-order valence-corrected chi connectivity index (χ2v) is 11.1. The highest BCUT2D eigenvalue weighted by atomic mass is 32.2. The van der Waals surface area contributed by atoms with Crippen LogP contribution in [0.25, 0.3) is 0 Å². The van der Waals surface area contributed by atoms with Crippen LogP contribution in [0.1, 0.15) is 45.3 Å². The van der Waals surface area contributed by atoms with E-state index in [0.717, 1.165) is 0 Å². The second-order valence-electron chi connectivity index (χ2n) is 7.17. The van der Waals surface area contributed by atoms with E-state index in [1.807, 2.05) is 43.2 Å². The van der Waals surface area contributed by atoms with Gasteiger partial charge in [0.2, 0.25) is 0 Å². The second kappa shape index (κ2) is 15.1. The Kier molecular flexibility index (Phi) is 16.4. The van der Waals surface area contributed by atoms with Gasteiger partial charge in [0.1, 0.15) is 0 Å². The summed E-state index contributed by atoms with van der Waals surface area (Å²) >= 11 is 6.33. The molecule has 24 heavy (non-hydrogen) atoms. The van der Waals surface area contributed by atoms with Crippen molar-refractivity contribution in [1.29, 1.82) is 0 Å². The van der Waals surface area contributed by atoms with Gasteiger partial charge in [0.15, 0.2) is 0 Å². The maximum Gasteiger partial charge on any atom is 0.0635 e. The fraction of sp³-hybridized carbons (Fsp3) is 0.684. The summed E-state index contributed by atoms with van der Waals surface area (Å²) in [7, 11) is 3.86. The molecular weight excluding hydrogens is 351 g/mol. The number of thiocarbonyl (C=S) groups is 1. The summed E-state index contributed by atoms with van der Waals surface area (Å²) in [5, 5.41) is 0. The number of thioether (sulfide) groups is 1. The molecule has 0 aliphatic rings. The van der Waals surface area contributed by atoms with Crippen molar-refractivity contribution >= 4 is 37.4 Å². The lowest BCUT2D eigenvalue weighted by molar-refractivity contribution is 0.373. The van der Waals surface area contributed by atoms with Gasteiger partial charge in [-0.15, -0.1) is 7.92 Å². The lowest BCUT2D eigenvalue weighted by Gasteiger charge is -2.29. The Morgan fingerprint density at radius 2 is 1.67 bits per heavy atom. The zero-order valence-corrected chi connectivity index (χ0v) is 19.6. The monoisotopic (exact) mass is 388 g/mol. The van der Waals surface area contributed by atoms with Gasteiger partial charge in [0, 0.05) is 32.1 Å². The Bertz CT molecular complexity index is 402. The minimum atomic E-state index is 0.0677. The first-order valence-corrected chi connectivity index (χ1v) is 12.4. The van der Waals surface area contributed by atoms with Crippen LogP contribution in [0, 0.1) is 5.41 Å². The van der Waals surface area contributed by atoms with E-state index in [1.165, 1.54) is 17.7 Å². The standard InChI is InChI=1S/C13H22NP.C3H7NS.C3H8S/c1-13(2,3)10-12(15(4)5)11-6-8-14-9-7-11;1-4(2)3-5;1-3-4-2/h6-9,12H,10H2,1-5H3;3H,1-2H3;3H2,1-2H3. The van der Waals surface area contributed by atoms with Crippen molar-refractivity contribution in [3.8, 4) is 0 Å². The van der Waals surface area contributed by atoms with Gasteiger partial charge < -0.3 is 4.90 Å². The van der Waals surface area contributed by atoms with Crippen molar-refractivity contribution in [2.45, 2.75) is 39.8 Å². The molecule has 0 N–H and O–H groups in total. The van der Waals surface area contributed by atoms with E-state index < -0.39 is 0 Å². The summed E-state index contributed by atoms with van der Waals surface area (Å²) in [6, 6.07) is 4.33. The molecule has 0 amide bonds. The van der Waals surface area contributed by atoms with Crippen molar-refractivity contribution in [1.82, 2.24) is 9.88 Å². The fourth-order valence-corrected chi connectivity index (χ4v) is 3.45. The van der Waals surface area contributed by atoms with Crippen LogP contribution in [-0.2, 0) is 0 Å². The average molecular weight is 389 g/mol. The molecule has 0 saturated carbocycles. The van der Waals surface area contributed by atoms with Crippen LogP contribution in [0.4, 0.5) is 0 Å². The largest absolute Gasteiger partial charge is 0.375 e. The van der Waals surface area contributed by atoms with Crippen LogP contribution in [0.5, 0.6) is 0 Å². The minimum Gasteiger partial charge on any atom is -0.375 e. The summed E-state index contributed by atoms with van der Waals surface area (Å²) in [6.45, 7) is 13.8. The van der Waals surface area contributed by atoms with E-state index in [9.17, 15) is 0 Å². The van der Waals surface area contributed by atoms with Crippen molar-refractivity contribution in [2.75, 3.05) is 39.4 Å². The van der Waals surface area contributed by atoms with Gasteiger partial charge in [-0.3, -0.25) is 4.98 Å². The van der Waals surface area contributed by atoms with Crippen LogP contribution in [-0.4, -0.2) is 54.8 Å². The number of pyridine rings is 1. The smallest absolute Gasteiger partial charge is 0.0635 e. The molecule has 1 unspecified atom stereocenters. The summed E-state index contributed by atoms with van der Waals surface area (Å²) in [4.78, 5) is 5.91. The predicted octanol–water partition coefficient (Wildman–Crippen LogP) is 6.17. The average Bonchev–Trinajstić information content (AvgIpc) is 2.53. The molecule has 0 fully saturated rings. The first-order valence-electron chi connectivity index (χ1n) is 8.26. The van der Waals surface area contributed by atoms with Gasteiger partial charge in [-0.25, -0.2) is 0 Å². The molecule has 1 aromatic rings. The Balaban J connectivity index is 0. The number of aromatic nitrogens is 1. The molecule has 5 heteroatoms. The maximum atomic E-state index is 4.48. The molecular formula is C19H37N2PS2. The van der Waals surface area contributed by atoms with E-state index in [1.54, 1.807) is 5.49 Å². The van der Waals surface area contributed by atoms with Crippen molar-refractivity contribution in [2.24, 2.45) is 5.41 Å². The normalized spacial score (nSPS) is 11.6. The lowest BCUT2D eigenvalue weighted by Crippen LogP contribution is -2.11. The van der Waals surface area contributed by atoms with E-state index in [2.05, 4.69) is 76.6 Å². The molecule has 1 aromatic heterocycles. The quantitative estimate of drug-likeness (QED) is 0.442. The van der Waals surface area contributed by atoms with Crippen molar-refractivity contribution in [3.05, 3.63) is 30.1 Å². The van der Waals surface area contributed by atoms with E-state index in [-0.39, 0.29) is 7.92 Å². The summed E-state index contributed by atoms with van der Waals surface area (Å²) < 4.78 is 0. The lowest BCUT2D eigenvalue weighted by atomic mass is 9.88. The van der Waals surface area contributed by atoms with Crippen molar-refractivity contribution in [3.63, 3.8) is 0 Å². The Morgan fingerprint density at radius 1 is 1.25 bits per heavy atom. The molecule has 1 heterocycles. The maximum absolute atomic E-state index is 4.48. The minimum absolute atomic E-state index is 0.0677.